The number of ether oxygens (including phenoxy) is 5. The SMILES string of the molecule is C=CCCOC(=O)N(CCC)[C@H]1CC(=NOC2CCCCO2)C2=C[C@H](CCCCO)[C@@H](CCCCO)[C@@H]3c4cc(OCCSc5ccccc5)ccc4O[C@@]1(OCC=C)[C@H]23. The van der Waals surface area contributed by atoms with E-state index in [-0.39, 0.29) is 44.2 Å². The fourth-order valence-corrected chi connectivity index (χ4v) is 10.2. The Hall–Kier alpha value is -3.81. The number of aliphatic hydroxyl groups excluding tert-OH is 2. The van der Waals surface area contributed by atoms with Gasteiger partial charge in [-0.05, 0) is 99.1 Å². The number of hydrogen-bond donors (Lipinski definition) is 2. The molecule has 4 aliphatic rings. The van der Waals surface area contributed by atoms with Crippen LogP contribution in [0.3, 0.4) is 0 Å². The Morgan fingerprint density at radius 1 is 1.03 bits per heavy atom. The van der Waals surface area contributed by atoms with Gasteiger partial charge in [0.15, 0.2) is 0 Å². The number of nitrogens with zero attached hydrogens (tertiary/aromatic N) is 2. The van der Waals surface area contributed by atoms with Crippen LogP contribution < -0.4 is 9.47 Å². The summed E-state index contributed by atoms with van der Waals surface area (Å²) in [5, 5.41) is 24.8. The number of aliphatic hydroxyl groups is 2. The van der Waals surface area contributed by atoms with Gasteiger partial charge in [-0.3, -0.25) is 4.90 Å². The van der Waals surface area contributed by atoms with Crippen LogP contribution in [0.25, 0.3) is 0 Å². The van der Waals surface area contributed by atoms with Crippen LogP contribution in [0.4, 0.5) is 4.79 Å². The van der Waals surface area contributed by atoms with Crippen LogP contribution in [0.1, 0.15) is 95.5 Å². The van der Waals surface area contributed by atoms with Crippen molar-refractivity contribution in [3.63, 3.8) is 0 Å². The van der Waals surface area contributed by atoms with Crippen molar-refractivity contribution in [1.29, 1.82) is 0 Å². The number of carbonyl (C=O) groups is 1. The molecular formula is C48H66N2O9S. The van der Waals surface area contributed by atoms with E-state index in [1.807, 2.05) is 37.3 Å². The minimum Gasteiger partial charge on any atom is -0.493 e. The zero-order valence-electron chi connectivity index (χ0n) is 35.4. The molecule has 0 aromatic heterocycles. The molecule has 11 nitrogen and oxygen atoms in total. The number of thioether (sulfide) groups is 1. The molecule has 0 spiro atoms. The van der Waals surface area contributed by atoms with Crippen molar-refractivity contribution < 1.29 is 43.5 Å². The number of benzene rings is 2. The van der Waals surface area contributed by atoms with Crippen LogP contribution >= 0.6 is 11.8 Å². The second-order valence-electron chi connectivity index (χ2n) is 16.1. The van der Waals surface area contributed by atoms with Crippen molar-refractivity contribution in [2.24, 2.45) is 22.9 Å². The lowest BCUT2D eigenvalue weighted by Gasteiger charge is -2.60. The van der Waals surface area contributed by atoms with Gasteiger partial charge in [0.05, 0.1) is 38.1 Å². The highest BCUT2D eigenvalue weighted by molar-refractivity contribution is 7.99. The van der Waals surface area contributed by atoms with Gasteiger partial charge in [0.25, 0.3) is 0 Å². The van der Waals surface area contributed by atoms with Crippen LogP contribution in [0.2, 0.25) is 0 Å². The van der Waals surface area contributed by atoms with Gasteiger partial charge in [-0.2, -0.15) is 0 Å². The Morgan fingerprint density at radius 3 is 2.58 bits per heavy atom. The quantitative estimate of drug-likeness (QED) is 0.0457. The summed E-state index contributed by atoms with van der Waals surface area (Å²) in [5.74, 6) is 0.508. The molecular weight excluding hydrogens is 781 g/mol. The van der Waals surface area contributed by atoms with Crippen LogP contribution in [0.5, 0.6) is 11.5 Å². The standard InChI is InChI=1S/C48H66N2O9S/c1-4-7-28-56-47(53)50(24-5-2)43-34-41(49-59-44-21-13-16-29-55-44)39-32-35(17-11-14-25-51)38(20-12-15-26-52)45-40-33-36(54-30-31-60-37-18-9-8-10-19-37)22-23-42(40)58-48(43,46(39)45)57-27-6-3/h4,6,8-10,18-19,22-23,32-33,35,38,43-46,51-52H,1,3,5,7,11-17,20-21,24-31,34H2,2H3/t35-,38+,43-,44?,45+,46+,48+/m0/s1. The molecule has 2 aliphatic carbocycles. The molecule has 0 bridgehead atoms. The Labute approximate surface area is 361 Å². The summed E-state index contributed by atoms with van der Waals surface area (Å²) in [7, 11) is 0. The summed E-state index contributed by atoms with van der Waals surface area (Å²) in [6.07, 6.45) is 13.9. The molecule has 2 aromatic carbocycles. The van der Waals surface area contributed by atoms with Gasteiger partial charge in [0.1, 0.15) is 17.5 Å². The summed E-state index contributed by atoms with van der Waals surface area (Å²) in [4.78, 5) is 23.5. The third-order valence-electron chi connectivity index (χ3n) is 12.0. The number of amides is 1. The van der Waals surface area contributed by atoms with Gasteiger partial charge in [-0.1, -0.05) is 61.3 Å². The first-order chi connectivity index (χ1) is 29.5. The lowest BCUT2D eigenvalue weighted by Crippen LogP contribution is -2.70. The number of allylic oxidation sites excluding steroid dienone is 1. The zero-order valence-corrected chi connectivity index (χ0v) is 36.2. The van der Waals surface area contributed by atoms with Crippen LogP contribution in [-0.4, -0.2) is 97.0 Å². The molecule has 1 saturated carbocycles. The van der Waals surface area contributed by atoms with E-state index in [0.29, 0.717) is 57.6 Å². The maximum absolute atomic E-state index is 14.3. The van der Waals surface area contributed by atoms with Gasteiger partial charge >= 0.3 is 6.09 Å². The van der Waals surface area contributed by atoms with Crippen molar-refractivity contribution in [3.05, 3.63) is 91.1 Å². The molecule has 2 aliphatic heterocycles. The minimum atomic E-state index is -1.36. The highest BCUT2D eigenvalue weighted by Crippen LogP contribution is 2.62. The lowest BCUT2D eigenvalue weighted by atomic mass is 9.55. The van der Waals surface area contributed by atoms with E-state index in [1.165, 1.54) is 4.90 Å². The molecule has 12 heteroatoms. The summed E-state index contributed by atoms with van der Waals surface area (Å²) in [6, 6.07) is 15.7. The Bertz CT molecular complexity index is 1730. The molecule has 1 unspecified atom stereocenters. The fraction of sp³-hybridized carbons (Fsp3) is 0.583. The van der Waals surface area contributed by atoms with Crippen molar-refractivity contribution in [2.45, 2.75) is 113 Å². The lowest BCUT2D eigenvalue weighted by molar-refractivity contribution is -0.255. The molecule has 2 fully saturated rings. The van der Waals surface area contributed by atoms with E-state index in [1.54, 1.807) is 28.8 Å². The van der Waals surface area contributed by atoms with E-state index in [0.717, 1.165) is 73.3 Å². The largest absolute Gasteiger partial charge is 0.493 e. The number of carbonyl (C=O) groups excluding carboxylic acids is 1. The molecule has 60 heavy (non-hydrogen) atoms. The maximum Gasteiger partial charge on any atom is 0.410 e. The van der Waals surface area contributed by atoms with E-state index in [4.69, 9.17) is 33.7 Å². The first kappa shape index (κ1) is 45.7. The highest BCUT2D eigenvalue weighted by Gasteiger charge is 2.65. The molecule has 7 atom stereocenters. The Kier molecular flexibility index (Phi) is 17.8. The molecule has 6 rings (SSSR count). The summed E-state index contributed by atoms with van der Waals surface area (Å²) >= 11 is 1.76. The van der Waals surface area contributed by atoms with Crippen molar-refractivity contribution >= 4 is 23.6 Å². The number of oxime groups is 1. The number of rotatable bonds is 24. The molecule has 2 aromatic rings. The number of hydrogen-bond acceptors (Lipinski definition) is 11. The van der Waals surface area contributed by atoms with Crippen LogP contribution in [-0.2, 0) is 19.0 Å². The fourth-order valence-electron chi connectivity index (χ4n) is 9.42. The van der Waals surface area contributed by atoms with Crippen molar-refractivity contribution in [2.75, 3.05) is 51.9 Å². The summed E-state index contributed by atoms with van der Waals surface area (Å²) < 4.78 is 32.7. The monoisotopic (exact) mass is 846 g/mol. The van der Waals surface area contributed by atoms with E-state index >= 15 is 0 Å². The normalized spacial score (nSPS) is 26.2. The average Bonchev–Trinajstić information content (AvgIpc) is 3.27. The number of unbranched alkanes of at least 4 members (excludes halogenated alkanes) is 2. The van der Waals surface area contributed by atoms with Crippen LogP contribution in [0.15, 0.2) is 95.5 Å². The molecule has 328 valence electrons. The van der Waals surface area contributed by atoms with Gasteiger partial charge in [0.2, 0.25) is 12.1 Å². The second kappa shape index (κ2) is 23.4. The molecule has 1 amide bonds. The topological polar surface area (TPSA) is 129 Å². The van der Waals surface area contributed by atoms with Crippen LogP contribution in [0, 0.1) is 17.8 Å². The summed E-state index contributed by atoms with van der Waals surface area (Å²) in [6.45, 7) is 12.1. The molecule has 2 heterocycles. The average molecular weight is 847 g/mol. The third kappa shape index (κ3) is 11.2. The first-order valence-corrected chi connectivity index (χ1v) is 23.2. The molecule has 1 saturated heterocycles. The second-order valence-corrected chi connectivity index (χ2v) is 17.2. The van der Waals surface area contributed by atoms with Crippen molar-refractivity contribution in [3.8, 4) is 11.5 Å². The Balaban J connectivity index is 1.50. The van der Waals surface area contributed by atoms with E-state index in [9.17, 15) is 15.0 Å². The number of fused-ring (bicyclic) bond motifs is 2. The minimum absolute atomic E-state index is 0.101. The summed E-state index contributed by atoms with van der Waals surface area (Å²) in [5.41, 5.74) is 2.74. The predicted molar refractivity (Wildman–Crippen MR) is 235 cm³/mol. The maximum atomic E-state index is 14.3. The zero-order chi connectivity index (χ0) is 42.2. The first-order valence-electron chi connectivity index (χ1n) is 22.2. The van der Waals surface area contributed by atoms with E-state index < -0.39 is 30.1 Å². The predicted octanol–water partition coefficient (Wildman–Crippen LogP) is 9.44. The van der Waals surface area contributed by atoms with Gasteiger partial charge < -0.3 is 38.7 Å². The van der Waals surface area contributed by atoms with Gasteiger partial charge in [-0.25, -0.2) is 4.79 Å². The van der Waals surface area contributed by atoms with Gasteiger partial charge in [-0.15, -0.1) is 24.9 Å². The van der Waals surface area contributed by atoms with E-state index in [2.05, 4.69) is 37.4 Å². The van der Waals surface area contributed by atoms with Gasteiger partial charge in [0, 0.05) is 54.7 Å². The molecule has 0 radical (unpaired) electrons. The third-order valence-corrected chi connectivity index (χ3v) is 13.0. The van der Waals surface area contributed by atoms with Crippen molar-refractivity contribution in [1.82, 2.24) is 4.90 Å². The Morgan fingerprint density at radius 2 is 1.85 bits per heavy atom. The smallest absolute Gasteiger partial charge is 0.410 e. The molecule has 2 N–H and O–H groups in total. The highest BCUT2D eigenvalue weighted by atomic mass is 32.2.